The minimum absolute atomic E-state index is 0.149. The summed E-state index contributed by atoms with van der Waals surface area (Å²) in [4.78, 5) is 12.8. The molecule has 0 aliphatic heterocycles. The molecule has 0 fully saturated rings. The smallest absolute Gasteiger partial charge is 0.216 e. The number of carbonyl (C=O) groups is 1. The van der Waals surface area contributed by atoms with Gasteiger partial charge in [-0.2, -0.15) is 5.10 Å². The first-order valence-electron chi connectivity index (χ1n) is 6.60. The molecule has 1 aromatic carbocycles. The maximum atomic E-state index is 12.8. The van der Waals surface area contributed by atoms with Crippen molar-refractivity contribution < 1.29 is 14.3 Å². The second-order valence-electron chi connectivity index (χ2n) is 4.46. The van der Waals surface area contributed by atoms with E-state index < -0.39 is 0 Å². The van der Waals surface area contributed by atoms with Crippen molar-refractivity contribution in [1.82, 2.24) is 9.78 Å². The molecule has 1 heterocycles. The number of ether oxygens (including phenoxy) is 2. The number of hydrogen-bond acceptors (Lipinski definition) is 4. The highest BCUT2D eigenvalue weighted by Crippen LogP contribution is 2.28. The summed E-state index contributed by atoms with van der Waals surface area (Å²) in [6, 6.07) is 5.29. The van der Waals surface area contributed by atoms with Gasteiger partial charge < -0.3 is 9.47 Å². The Labute approximate surface area is 132 Å². The number of ketones is 1. The Kier molecular flexibility index (Phi) is 5.01. The highest BCUT2D eigenvalue weighted by Gasteiger charge is 2.23. The first kappa shape index (κ1) is 15.6. The van der Waals surface area contributed by atoms with Gasteiger partial charge in [-0.1, -0.05) is 22.9 Å². The van der Waals surface area contributed by atoms with Crippen molar-refractivity contribution in [3.63, 3.8) is 0 Å². The fraction of sp³-hybridized carbons (Fsp3) is 0.333. The molecule has 0 spiro atoms. The zero-order valence-electron chi connectivity index (χ0n) is 12.2. The van der Waals surface area contributed by atoms with E-state index in [1.54, 1.807) is 36.2 Å². The van der Waals surface area contributed by atoms with E-state index in [9.17, 15) is 4.79 Å². The zero-order valence-corrected chi connectivity index (χ0v) is 13.8. The molecule has 21 heavy (non-hydrogen) atoms. The van der Waals surface area contributed by atoms with Crippen molar-refractivity contribution in [3.05, 3.63) is 40.1 Å². The SMILES string of the molecule is CCCn1ncc(OC)c1C(=O)c1cc(OC)ccc1Br. The standard InChI is InChI=1S/C15H17BrN2O3/c1-4-7-18-14(13(21-3)9-17-18)15(19)11-8-10(20-2)5-6-12(11)16/h5-6,8-9H,4,7H2,1-3H3. The van der Waals surface area contributed by atoms with Gasteiger partial charge in [0.05, 0.1) is 20.4 Å². The number of aromatic nitrogens is 2. The summed E-state index contributed by atoms with van der Waals surface area (Å²) in [5, 5.41) is 4.22. The molecule has 1 aromatic heterocycles. The fourth-order valence-electron chi connectivity index (χ4n) is 2.06. The van der Waals surface area contributed by atoms with E-state index in [2.05, 4.69) is 21.0 Å². The predicted octanol–water partition coefficient (Wildman–Crippen LogP) is 3.30. The van der Waals surface area contributed by atoms with Gasteiger partial charge in [0.25, 0.3) is 0 Å². The summed E-state index contributed by atoms with van der Waals surface area (Å²) >= 11 is 3.41. The first-order valence-corrected chi connectivity index (χ1v) is 7.39. The molecule has 0 saturated carbocycles. The third kappa shape index (κ3) is 3.10. The largest absolute Gasteiger partial charge is 0.497 e. The van der Waals surface area contributed by atoms with E-state index >= 15 is 0 Å². The van der Waals surface area contributed by atoms with Crippen LogP contribution in [0.4, 0.5) is 0 Å². The van der Waals surface area contributed by atoms with Crippen molar-refractivity contribution in [2.24, 2.45) is 0 Å². The maximum absolute atomic E-state index is 12.8. The number of nitrogens with zero attached hydrogens (tertiary/aromatic N) is 2. The molecule has 5 nitrogen and oxygen atoms in total. The summed E-state index contributed by atoms with van der Waals surface area (Å²) in [7, 11) is 3.10. The molecule has 0 amide bonds. The second-order valence-corrected chi connectivity index (χ2v) is 5.31. The maximum Gasteiger partial charge on any atom is 0.216 e. The van der Waals surface area contributed by atoms with E-state index in [1.165, 1.54) is 7.11 Å². The zero-order chi connectivity index (χ0) is 15.4. The van der Waals surface area contributed by atoms with Crippen LogP contribution in [0, 0.1) is 0 Å². The minimum atomic E-state index is -0.149. The summed E-state index contributed by atoms with van der Waals surface area (Å²) in [5.41, 5.74) is 0.971. The van der Waals surface area contributed by atoms with Gasteiger partial charge in [0.2, 0.25) is 5.78 Å². The third-order valence-corrected chi connectivity index (χ3v) is 3.79. The lowest BCUT2D eigenvalue weighted by molar-refractivity contribution is 0.102. The molecular weight excluding hydrogens is 336 g/mol. The predicted molar refractivity (Wildman–Crippen MR) is 83.2 cm³/mol. The Balaban J connectivity index is 2.51. The number of methoxy groups -OCH3 is 2. The van der Waals surface area contributed by atoms with Gasteiger partial charge in [-0.15, -0.1) is 0 Å². The van der Waals surface area contributed by atoms with Crippen LogP contribution in [0.2, 0.25) is 0 Å². The number of rotatable bonds is 6. The fourth-order valence-corrected chi connectivity index (χ4v) is 2.49. The van der Waals surface area contributed by atoms with Crippen LogP contribution in [-0.2, 0) is 6.54 Å². The van der Waals surface area contributed by atoms with Crippen molar-refractivity contribution in [1.29, 1.82) is 0 Å². The van der Waals surface area contributed by atoms with E-state index in [0.717, 1.165) is 6.42 Å². The van der Waals surface area contributed by atoms with Crippen LogP contribution < -0.4 is 9.47 Å². The van der Waals surface area contributed by atoms with Crippen LogP contribution in [0.15, 0.2) is 28.9 Å². The number of carbonyl (C=O) groups excluding carboxylic acids is 1. The quantitative estimate of drug-likeness (QED) is 0.748. The molecule has 6 heteroatoms. The van der Waals surface area contributed by atoms with E-state index in [0.29, 0.717) is 33.8 Å². The van der Waals surface area contributed by atoms with Gasteiger partial charge >= 0.3 is 0 Å². The second kappa shape index (κ2) is 6.76. The molecule has 0 atom stereocenters. The van der Waals surface area contributed by atoms with Crippen LogP contribution in [0.5, 0.6) is 11.5 Å². The molecule has 0 saturated heterocycles. The summed E-state index contributed by atoms with van der Waals surface area (Å²) in [6.45, 7) is 2.69. The van der Waals surface area contributed by atoms with Gasteiger partial charge in [0, 0.05) is 16.6 Å². The van der Waals surface area contributed by atoms with E-state index in [1.807, 2.05) is 6.92 Å². The topological polar surface area (TPSA) is 53.4 Å². The van der Waals surface area contributed by atoms with E-state index in [4.69, 9.17) is 9.47 Å². The van der Waals surface area contributed by atoms with Gasteiger partial charge in [-0.3, -0.25) is 9.48 Å². The minimum Gasteiger partial charge on any atom is -0.497 e. The molecule has 0 bridgehead atoms. The molecule has 0 aliphatic rings. The monoisotopic (exact) mass is 352 g/mol. The Hall–Kier alpha value is -1.82. The molecular formula is C15H17BrN2O3. The average molecular weight is 353 g/mol. The Bertz CT molecular complexity index is 652. The van der Waals surface area contributed by atoms with Crippen molar-refractivity contribution in [3.8, 4) is 11.5 Å². The van der Waals surface area contributed by atoms with Gasteiger partial charge in [0.1, 0.15) is 5.75 Å². The van der Waals surface area contributed by atoms with Gasteiger partial charge in [0.15, 0.2) is 11.4 Å². The number of halogens is 1. The third-order valence-electron chi connectivity index (χ3n) is 3.09. The summed E-state index contributed by atoms with van der Waals surface area (Å²) in [5.74, 6) is 0.953. The van der Waals surface area contributed by atoms with Crippen LogP contribution in [0.1, 0.15) is 29.4 Å². The highest BCUT2D eigenvalue weighted by molar-refractivity contribution is 9.10. The number of hydrogen-bond donors (Lipinski definition) is 0. The van der Waals surface area contributed by atoms with Gasteiger partial charge in [-0.25, -0.2) is 0 Å². The van der Waals surface area contributed by atoms with Crippen molar-refractivity contribution in [2.75, 3.05) is 14.2 Å². The lowest BCUT2D eigenvalue weighted by Gasteiger charge is -2.10. The summed E-state index contributed by atoms with van der Waals surface area (Å²) < 4.78 is 12.8. The normalized spacial score (nSPS) is 10.5. The lowest BCUT2D eigenvalue weighted by Crippen LogP contribution is -2.13. The van der Waals surface area contributed by atoms with Crippen LogP contribution in [-0.4, -0.2) is 29.8 Å². The molecule has 2 aromatic rings. The lowest BCUT2D eigenvalue weighted by atomic mass is 10.1. The van der Waals surface area contributed by atoms with Crippen LogP contribution >= 0.6 is 15.9 Å². The van der Waals surface area contributed by atoms with Crippen LogP contribution in [0.3, 0.4) is 0 Å². The first-order chi connectivity index (χ1) is 10.1. The molecule has 0 N–H and O–H groups in total. The van der Waals surface area contributed by atoms with Crippen molar-refractivity contribution >= 4 is 21.7 Å². The molecule has 2 rings (SSSR count). The number of aryl methyl sites for hydroxylation is 1. The van der Waals surface area contributed by atoms with Crippen molar-refractivity contribution in [2.45, 2.75) is 19.9 Å². The Morgan fingerprint density at radius 3 is 2.71 bits per heavy atom. The number of benzene rings is 1. The molecule has 0 aliphatic carbocycles. The van der Waals surface area contributed by atoms with E-state index in [-0.39, 0.29) is 5.78 Å². The van der Waals surface area contributed by atoms with Gasteiger partial charge in [-0.05, 0) is 24.6 Å². The Morgan fingerprint density at radius 1 is 1.33 bits per heavy atom. The molecule has 0 unspecified atom stereocenters. The van der Waals surface area contributed by atoms with Crippen LogP contribution in [0.25, 0.3) is 0 Å². The highest BCUT2D eigenvalue weighted by atomic mass is 79.9. The summed E-state index contributed by atoms with van der Waals surface area (Å²) in [6.07, 6.45) is 2.45. The molecule has 0 radical (unpaired) electrons. The Morgan fingerprint density at radius 2 is 2.10 bits per heavy atom. The molecule has 112 valence electrons. The average Bonchev–Trinajstić information content (AvgIpc) is 2.90.